The summed E-state index contributed by atoms with van der Waals surface area (Å²) in [5, 5.41) is 25.9. The molecule has 0 unspecified atom stereocenters. The fraction of sp³-hybridized carbons (Fsp3) is 0.130. The Labute approximate surface area is 174 Å². The lowest BCUT2D eigenvalue weighted by Crippen LogP contribution is -2.40. The Morgan fingerprint density at radius 2 is 1.76 bits per heavy atom. The Kier molecular flexibility index (Phi) is 6.36. The third-order valence-corrected chi connectivity index (χ3v) is 4.61. The van der Waals surface area contributed by atoms with Crippen LogP contribution in [-0.4, -0.2) is 10.1 Å². The molecule has 0 saturated heterocycles. The third kappa shape index (κ3) is 5.04. The Morgan fingerprint density at radius 3 is 2.38 bits per heavy atom. The number of aryl methyl sites for hydroxylation is 2. The van der Waals surface area contributed by atoms with Gasteiger partial charge in [-0.25, -0.2) is 4.39 Å². The molecule has 0 aliphatic rings. The molecule has 4 nitrogen and oxygen atoms in total. The topological polar surface area (TPSA) is 59.2 Å². The zero-order valence-electron chi connectivity index (χ0n) is 16.1. The first-order valence-corrected chi connectivity index (χ1v) is 9.46. The van der Waals surface area contributed by atoms with Gasteiger partial charge in [-0.15, -0.1) is 0 Å². The third-order valence-electron chi connectivity index (χ3n) is 4.32. The first kappa shape index (κ1) is 20.6. The Bertz CT molecular complexity index is 1060. The van der Waals surface area contributed by atoms with Crippen LogP contribution in [0.15, 0.2) is 67.0 Å². The summed E-state index contributed by atoms with van der Waals surface area (Å²) in [6.07, 6.45) is 3.33. The average molecular weight is 408 g/mol. The molecule has 0 aliphatic carbocycles. The highest BCUT2D eigenvalue weighted by atomic mass is 32.1. The van der Waals surface area contributed by atoms with Crippen LogP contribution in [0.3, 0.4) is 0 Å². The summed E-state index contributed by atoms with van der Waals surface area (Å²) in [7, 11) is 0. The van der Waals surface area contributed by atoms with E-state index in [1.54, 1.807) is 29.1 Å². The first-order chi connectivity index (χ1) is 13.9. The van der Waals surface area contributed by atoms with Crippen molar-refractivity contribution in [2.24, 2.45) is 0 Å². The van der Waals surface area contributed by atoms with Crippen molar-refractivity contribution in [3.63, 3.8) is 0 Å². The zero-order valence-corrected chi connectivity index (χ0v) is 17.0. The van der Waals surface area contributed by atoms with Crippen LogP contribution < -0.4 is 15.0 Å². The van der Waals surface area contributed by atoms with Gasteiger partial charge in [-0.1, -0.05) is 30.4 Å². The van der Waals surface area contributed by atoms with Gasteiger partial charge in [0.25, 0.3) is 0 Å². The van der Waals surface area contributed by atoms with Gasteiger partial charge in [-0.05, 0) is 66.6 Å². The summed E-state index contributed by atoms with van der Waals surface area (Å²) in [4.78, 5) is 0.226. The number of halogens is 1. The van der Waals surface area contributed by atoms with Gasteiger partial charge in [-0.3, -0.25) is 0 Å². The number of nitrogens with one attached hydrogen (secondary N) is 1. The van der Waals surface area contributed by atoms with Gasteiger partial charge in [0.2, 0.25) is 5.70 Å². The fourth-order valence-electron chi connectivity index (χ4n) is 3.07. The number of aromatic nitrogens is 1. The second-order valence-corrected chi connectivity index (χ2v) is 7.20. The van der Waals surface area contributed by atoms with Crippen LogP contribution in [-0.2, 0) is 6.61 Å². The Morgan fingerprint density at radius 1 is 1.10 bits per heavy atom. The maximum Gasteiger partial charge on any atom is 0.238 e. The molecule has 6 heteroatoms. The molecular weight excluding hydrogens is 387 g/mol. The number of benzene rings is 2. The lowest BCUT2D eigenvalue weighted by atomic mass is 10.1. The largest absolute Gasteiger partial charge is 0.867 e. The van der Waals surface area contributed by atoms with Crippen molar-refractivity contribution in [3.8, 4) is 0 Å². The summed E-state index contributed by atoms with van der Waals surface area (Å²) in [5.41, 5.74) is 4.06. The molecule has 0 bridgehead atoms. The number of aliphatic hydroxyl groups is 1. The van der Waals surface area contributed by atoms with Crippen LogP contribution in [0.4, 0.5) is 10.1 Å². The standard InChI is InChI=1S/C23H21FN2O2S/c1-15-10-16(2)12-20(11-15)25-23(29)21(26-9-3-4-17(13-26)14-27)22(28)18-5-7-19(24)8-6-18/h3-13,27H,14H2,1-2H3,(H-,25,28,29). The molecule has 1 heterocycles. The molecule has 0 spiro atoms. The van der Waals surface area contributed by atoms with Crippen LogP contribution in [0.5, 0.6) is 0 Å². The molecule has 29 heavy (non-hydrogen) atoms. The van der Waals surface area contributed by atoms with Crippen molar-refractivity contribution < 1.29 is 19.2 Å². The van der Waals surface area contributed by atoms with Crippen LogP contribution in [0, 0.1) is 19.7 Å². The molecule has 3 rings (SSSR count). The number of nitrogens with zero attached hydrogens (tertiary/aromatic N) is 1. The monoisotopic (exact) mass is 408 g/mol. The van der Waals surface area contributed by atoms with E-state index in [1.165, 1.54) is 24.3 Å². The van der Waals surface area contributed by atoms with E-state index in [0.717, 1.165) is 16.8 Å². The van der Waals surface area contributed by atoms with Gasteiger partial charge in [0.05, 0.1) is 6.61 Å². The van der Waals surface area contributed by atoms with Gasteiger partial charge < -0.3 is 15.5 Å². The summed E-state index contributed by atoms with van der Waals surface area (Å²) in [6, 6.07) is 14.7. The van der Waals surface area contributed by atoms with Crippen LogP contribution in [0.1, 0.15) is 22.3 Å². The number of hydrogen-bond donors (Lipinski definition) is 2. The SMILES string of the molecule is Cc1cc(C)cc(NC(=S)/C(=C(\[O-])c2ccc(F)cc2)[n+]2cccc(CO)c2)c1. The van der Waals surface area contributed by atoms with Crippen LogP contribution in [0.2, 0.25) is 0 Å². The summed E-state index contributed by atoms with van der Waals surface area (Å²) in [5.74, 6) is -0.777. The molecule has 0 amide bonds. The highest BCUT2D eigenvalue weighted by Crippen LogP contribution is 2.19. The highest BCUT2D eigenvalue weighted by molar-refractivity contribution is 7.81. The van der Waals surface area contributed by atoms with Gasteiger partial charge in [0.1, 0.15) is 5.82 Å². The molecule has 0 saturated carbocycles. The van der Waals surface area contributed by atoms with E-state index in [9.17, 15) is 14.6 Å². The second-order valence-electron chi connectivity index (χ2n) is 6.79. The van der Waals surface area contributed by atoms with E-state index in [2.05, 4.69) is 5.32 Å². The van der Waals surface area contributed by atoms with Crippen LogP contribution >= 0.6 is 12.2 Å². The van der Waals surface area contributed by atoms with Crippen molar-refractivity contribution in [3.05, 3.63) is 95.1 Å². The molecule has 0 atom stereocenters. The van der Waals surface area contributed by atoms with E-state index < -0.39 is 5.82 Å². The normalized spacial score (nSPS) is 11.7. The predicted molar refractivity (Wildman–Crippen MR) is 114 cm³/mol. The smallest absolute Gasteiger partial charge is 0.238 e. The molecule has 0 aliphatic heterocycles. The summed E-state index contributed by atoms with van der Waals surface area (Å²) in [6.45, 7) is 3.79. The lowest BCUT2D eigenvalue weighted by molar-refractivity contribution is -0.578. The van der Waals surface area contributed by atoms with E-state index in [4.69, 9.17) is 12.2 Å². The number of anilines is 1. The Hall–Kier alpha value is -3.09. The number of thiocarbonyl (C=S) groups is 1. The van der Waals surface area contributed by atoms with Crippen molar-refractivity contribution in [1.82, 2.24) is 0 Å². The fourth-order valence-corrected chi connectivity index (χ4v) is 3.39. The van der Waals surface area contributed by atoms with Gasteiger partial charge in [0, 0.05) is 17.3 Å². The summed E-state index contributed by atoms with van der Waals surface area (Å²) >= 11 is 5.58. The minimum absolute atomic E-state index is 0.171. The number of aliphatic hydroxyl groups excluding tert-OH is 1. The van der Waals surface area contributed by atoms with Crippen molar-refractivity contribution >= 4 is 34.3 Å². The minimum atomic E-state index is -0.422. The summed E-state index contributed by atoms with van der Waals surface area (Å²) < 4.78 is 14.9. The molecule has 2 aromatic carbocycles. The molecule has 148 valence electrons. The van der Waals surface area contributed by atoms with E-state index in [0.29, 0.717) is 11.1 Å². The van der Waals surface area contributed by atoms with Crippen LogP contribution in [0.25, 0.3) is 11.5 Å². The van der Waals surface area contributed by atoms with Gasteiger partial charge in [-0.2, -0.15) is 4.57 Å². The molecule has 1 aromatic heterocycles. The number of pyridine rings is 1. The van der Waals surface area contributed by atoms with Crippen molar-refractivity contribution in [2.45, 2.75) is 20.5 Å². The first-order valence-electron chi connectivity index (χ1n) is 9.05. The van der Waals surface area contributed by atoms with E-state index in [1.807, 2.05) is 32.0 Å². The number of rotatable bonds is 5. The van der Waals surface area contributed by atoms with E-state index in [-0.39, 0.29) is 23.1 Å². The van der Waals surface area contributed by atoms with Gasteiger partial charge in [0.15, 0.2) is 17.4 Å². The predicted octanol–water partition coefficient (Wildman–Crippen LogP) is 3.35. The molecule has 3 aromatic rings. The Balaban J connectivity index is 2.09. The van der Waals surface area contributed by atoms with Crippen molar-refractivity contribution in [2.75, 3.05) is 5.32 Å². The van der Waals surface area contributed by atoms with Crippen molar-refractivity contribution in [1.29, 1.82) is 0 Å². The quantitative estimate of drug-likeness (QED) is 0.294. The molecule has 0 radical (unpaired) electrons. The van der Waals surface area contributed by atoms with E-state index >= 15 is 0 Å². The average Bonchev–Trinajstić information content (AvgIpc) is 2.68. The molecular formula is C23H21FN2O2S. The second kappa shape index (κ2) is 8.94. The highest BCUT2D eigenvalue weighted by Gasteiger charge is 2.20. The zero-order chi connectivity index (χ0) is 21.0. The minimum Gasteiger partial charge on any atom is -0.867 e. The number of hydrogen-bond acceptors (Lipinski definition) is 3. The maximum absolute atomic E-state index is 13.3. The lowest BCUT2D eigenvalue weighted by Gasteiger charge is -2.17. The van der Waals surface area contributed by atoms with Gasteiger partial charge >= 0.3 is 0 Å². The molecule has 0 fully saturated rings. The molecule has 2 N–H and O–H groups in total. The maximum atomic E-state index is 13.3.